The lowest BCUT2D eigenvalue weighted by molar-refractivity contribution is -0.114. The van der Waals surface area contributed by atoms with Gasteiger partial charge in [-0.3, -0.25) is 4.79 Å². The molecule has 0 aliphatic heterocycles. The molecule has 0 aliphatic carbocycles. The molecule has 0 atom stereocenters. The summed E-state index contributed by atoms with van der Waals surface area (Å²) in [6, 6.07) is 5.21. The standard InChI is InChI=1S/C11H13N3O3/c1-16-6-11-14-8-4-7(13-10(15)5-12)2-3-9(8)17-11/h2-4H,5-6,12H2,1H3,(H,13,15). The summed E-state index contributed by atoms with van der Waals surface area (Å²) in [7, 11) is 1.57. The summed E-state index contributed by atoms with van der Waals surface area (Å²) in [6.45, 7) is 0.269. The Balaban J connectivity index is 2.26. The number of hydrogen-bond acceptors (Lipinski definition) is 5. The third-order valence-electron chi connectivity index (χ3n) is 2.17. The predicted octanol–water partition coefficient (Wildman–Crippen LogP) is 0.871. The Morgan fingerprint density at radius 3 is 3.12 bits per heavy atom. The number of amides is 1. The van der Waals surface area contributed by atoms with Gasteiger partial charge in [0.2, 0.25) is 11.8 Å². The van der Waals surface area contributed by atoms with Crippen LogP contribution in [0.1, 0.15) is 5.89 Å². The second kappa shape index (κ2) is 4.94. The number of carbonyl (C=O) groups excluding carboxylic acids is 1. The van der Waals surface area contributed by atoms with Gasteiger partial charge in [0, 0.05) is 12.8 Å². The van der Waals surface area contributed by atoms with Crippen molar-refractivity contribution in [2.45, 2.75) is 6.61 Å². The quantitative estimate of drug-likeness (QED) is 0.820. The second-order valence-corrected chi connectivity index (χ2v) is 3.48. The molecule has 1 amide bonds. The van der Waals surface area contributed by atoms with Crippen LogP contribution in [0.15, 0.2) is 22.6 Å². The zero-order valence-electron chi connectivity index (χ0n) is 9.40. The van der Waals surface area contributed by atoms with E-state index in [0.29, 0.717) is 29.3 Å². The van der Waals surface area contributed by atoms with Gasteiger partial charge in [-0.1, -0.05) is 0 Å². The fourth-order valence-electron chi connectivity index (χ4n) is 1.45. The average molecular weight is 235 g/mol. The second-order valence-electron chi connectivity index (χ2n) is 3.48. The van der Waals surface area contributed by atoms with Crippen molar-refractivity contribution >= 4 is 22.7 Å². The molecule has 0 aliphatic rings. The molecule has 0 fully saturated rings. The number of methoxy groups -OCH3 is 1. The monoisotopic (exact) mass is 235 g/mol. The fourth-order valence-corrected chi connectivity index (χ4v) is 1.45. The van der Waals surface area contributed by atoms with Crippen molar-refractivity contribution in [3.63, 3.8) is 0 Å². The van der Waals surface area contributed by atoms with Gasteiger partial charge in [-0.05, 0) is 18.2 Å². The zero-order valence-corrected chi connectivity index (χ0v) is 9.40. The molecular formula is C11H13N3O3. The van der Waals surface area contributed by atoms with Crippen LogP contribution in [0.2, 0.25) is 0 Å². The number of nitrogens with one attached hydrogen (secondary N) is 1. The van der Waals surface area contributed by atoms with Crippen LogP contribution in [0, 0.1) is 0 Å². The Kier molecular flexibility index (Phi) is 3.36. The van der Waals surface area contributed by atoms with E-state index in [1.54, 1.807) is 25.3 Å². The van der Waals surface area contributed by atoms with Crippen molar-refractivity contribution in [3.8, 4) is 0 Å². The summed E-state index contributed by atoms with van der Waals surface area (Å²) < 4.78 is 10.3. The molecule has 0 saturated carbocycles. The maximum absolute atomic E-state index is 11.1. The fraction of sp³-hybridized carbons (Fsp3) is 0.273. The van der Waals surface area contributed by atoms with E-state index in [4.69, 9.17) is 14.9 Å². The van der Waals surface area contributed by atoms with Gasteiger partial charge in [0.25, 0.3) is 0 Å². The molecule has 0 radical (unpaired) electrons. The molecule has 0 spiro atoms. The van der Waals surface area contributed by atoms with Gasteiger partial charge >= 0.3 is 0 Å². The van der Waals surface area contributed by atoms with Crippen LogP contribution in [-0.4, -0.2) is 24.5 Å². The Morgan fingerprint density at radius 2 is 2.41 bits per heavy atom. The number of carbonyl (C=O) groups is 1. The topological polar surface area (TPSA) is 90.4 Å². The van der Waals surface area contributed by atoms with E-state index >= 15 is 0 Å². The first-order chi connectivity index (χ1) is 8.22. The zero-order chi connectivity index (χ0) is 12.3. The largest absolute Gasteiger partial charge is 0.438 e. The SMILES string of the molecule is COCc1nc2cc(NC(=O)CN)ccc2o1. The molecule has 6 heteroatoms. The summed E-state index contributed by atoms with van der Waals surface area (Å²) in [5.74, 6) is 0.259. The van der Waals surface area contributed by atoms with Gasteiger partial charge in [-0.15, -0.1) is 0 Å². The van der Waals surface area contributed by atoms with Gasteiger partial charge in [-0.25, -0.2) is 4.98 Å². The van der Waals surface area contributed by atoms with E-state index < -0.39 is 0 Å². The highest BCUT2D eigenvalue weighted by Gasteiger charge is 2.07. The predicted molar refractivity (Wildman–Crippen MR) is 62.4 cm³/mol. The maximum atomic E-state index is 11.1. The van der Waals surface area contributed by atoms with E-state index in [-0.39, 0.29) is 12.5 Å². The van der Waals surface area contributed by atoms with Gasteiger partial charge in [0.1, 0.15) is 12.1 Å². The molecule has 90 valence electrons. The van der Waals surface area contributed by atoms with Gasteiger partial charge in [0.15, 0.2) is 5.58 Å². The lowest BCUT2D eigenvalue weighted by atomic mass is 10.3. The van der Waals surface area contributed by atoms with E-state index in [2.05, 4.69) is 10.3 Å². The van der Waals surface area contributed by atoms with Crippen molar-refractivity contribution in [1.29, 1.82) is 0 Å². The lowest BCUT2D eigenvalue weighted by Gasteiger charge is -2.01. The molecule has 3 N–H and O–H groups in total. The van der Waals surface area contributed by atoms with Crippen molar-refractivity contribution in [2.24, 2.45) is 5.73 Å². The summed E-state index contributed by atoms with van der Waals surface area (Å²) in [6.07, 6.45) is 0. The van der Waals surface area contributed by atoms with Gasteiger partial charge < -0.3 is 20.2 Å². The van der Waals surface area contributed by atoms with Crippen molar-refractivity contribution < 1.29 is 13.9 Å². The summed E-state index contributed by atoms with van der Waals surface area (Å²) >= 11 is 0. The van der Waals surface area contributed by atoms with Crippen molar-refractivity contribution in [1.82, 2.24) is 4.98 Å². The van der Waals surface area contributed by atoms with Crippen LogP contribution in [0.3, 0.4) is 0 Å². The first kappa shape index (κ1) is 11.6. The van der Waals surface area contributed by atoms with Gasteiger partial charge in [-0.2, -0.15) is 0 Å². The molecule has 0 bridgehead atoms. The minimum absolute atomic E-state index is 0.0498. The number of nitrogens with zero attached hydrogens (tertiary/aromatic N) is 1. The third-order valence-corrected chi connectivity index (χ3v) is 2.17. The highest BCUT2D eigenvalue weighted by molar-refractivity contribution is 5.93. The average Bonchev–Trinajstić information content (AvgIpc) is 2.71. The number of rotatable bonds is 4. The van der Waals surface area contributed by atoms with Crippen LogP contribution in [-0.2, 0) is 16.1 Å². The van der Waals surface area contributed by atoms with Gasteiger partial charge in [0.05, 0.1) is 6.54 Å². The Hall–Kier alpha value is -1.92. The Labute approximate surface area is 97.8 Å². The summed E-state index contributed by atoms with van der Waals surface area (Å²) in [4.78, 5) is 15.3. The van der Waals surface area contributed by atoms with Crippen LogP contribution in [0.25, 0.3) is 11.1 Å². The number of aromatic nitrogens is 1. The number of anilines is 1. The number of benzene rings is 1. The lowest BCUT2D eigenvalue weighted by Crippen LogP contribution is -2.21. The molecule has 1 aromatic carbocycles. The summed E-state index contributed by atoms with van der Waals surface area (Å²) in [5, 5.41) is 2.65. The van der Waals surface area contributed by atoms with E-state index in [1.165, 1.54) is 0 Å². The van der Waals surface area contributed by atoms with Crippen LogP contribution in [0.4, 0.5) is 5.69 Å². The molecule has 17 heavy (non-hydrogen) atoms. The number of fused-ring (bicyclic) bond motifs is 1. The number of nitrogens with two attached hydrogens (primary N) is 1. The smallest absolute Gasteiger partial charge is 0.238 e. The highest BCUT2D eigenvalue weighted by atomic mass is 16.5. The van der Waals surface area contributed by atoms with E-state index in [0.717, 1.165) is 0 Å². The van der Waals surface area contributed by atoms with Crippen LogP contribution < -0.4 is 11.1 Å². The minimum Gasteiger partial charge on any atom is -0.438 e. The number of hydrogen-bond donors (Lipinski definition) is 2. The molecule has 1 aromatic heterocycles. The van der Waals surface area contributed by atoms with Crippen LogP contribution in [0.5, 0.6) is 0 Å². The number of ether oxygens (including phenoxy) is 1. The number of oxazole rings is 1. The minimum atomic E-state index is -0.245. The molecule has 2 rings (SSSR count). The first-order valence-electron chi connectivity index (χ1n) is 5.11. The third kappa shape index (κ3) is 2.61. The molecule has 0 saturated heterocycles. The normalized spacial score (nSPS) is 10.7. The van der Waals surface area contributed by atoms with E-state index in [1.807, 2.05) is 0 Å². The van der Waals surface area contributed by atoms with Crippen molar-refractivity contribution in [2.75, 3.05) is 19.0 Å². The van der Waals surface area contributed by atoms with Crippen molar-refractivity contribution in [3.05, 3.63) is 24.1 Å². The molecule has 2 aromatic rings. The molecular weight excluding hydrogens is 222 g/mol. The Bertz CT molecular complexity index is 536. The Morgan fingerprint density at radius 1 is 1.59 bits per heavy atom. The molecule has 0 unspecified atom stereocenters. The van der Waals surface area contributed by atoms with E-state index in [9.17, 15) is 4.79 Å². The molecule has 6 nitrogen and oxygen atoms in total. The summed E-state index contributed by atoms with van der Waals surface area (Å²) in [5.41, 5.74) is 7.19. The molecule has 1 heterocycles. The first-order valence-corrected chi connectivity index (χ1v) is 5.11. The maximum Gasteiger partial charge on any atom is 0.238 e. The highest BCUT2D eigenvalue weighted by Crippen LogP contribution is 2.20. The van der Waals surface area contributed by atoms with Crippen LogP contribution >= 0.6 is 0 Å².